The third-order valence-corrected chi connectivity index (χ3v) is 2.32. The zero-order valence-corrected chi connectivity index (χ0v) is 8.81. The molecule has 4 heteroatoms. The molecule has 3 nitrogen and oxygen atoms in total. The van der Waals surface area contributed by atoms with Crippen LogP contribution in [0.5, 0.6) is 0 Å². The molecule has 0 amide bonds. The number of aromatic nitrogens is 2. The van der Waals surface area contributed by atoms with Gasteiger partial charge in [0.25, 0.3) is 0 Å². The molecule has 0 aliphatic heterocycles. The van der Waals surface area contributed by atoms with Crippen LogP contribution in [0.4, 0.5) is 4.39 Å². The number of halogens is 1. The van der Waals surface area contributed by atoms with Crippen LogP contribution in [0.1, 0.15) is 11.1 Å². The van der Waals surface area contributed by atoms with E-state index in [4.69, 9.17) is 5.11 Å². The number of benzene rings is 1. The van der Waals surface area contributed by atoms with Crippen molar-refractivity contribution in [2.75, 3.05) is 0 Å². The summed E-state index contributed by atoms with van der Waals surface area (Å²) in [6.07, 6.45) is 3.06. The number of aliphatic hydroxyl groups is 1. The molecule has 0 saturated carbocycles. The first kappa shape index (κ1) is 10.7. The fourth-order valence-corrected chi connectivity index (χ4v) is 1.32. The summed E-state index contributed by atoms with van der Waals surface area (Å²) < 4.78 is 13.3. The first-order valence-corrected chi connectivity index (χ1v) is 4.89. The molecule has 1 N–H and O–H groups in total. The largest absolute Gasteiger partial charge is 0.392 e. The molecule has 0 bridgehead atoms. The van der Waals surface area contributed by atoms with Gasteiger partial charge in [0.2, 0.25) is 0 Å². The van der Waals surface area contributed by atoms with Gasteiger partial charge >= 0.3 is 0 Å². The second kappa shape index (κ2) is 4.37. The number of rotatable bonds is 2. The van der Waals surface area contributed by atoms with Crippen LogP contribution in [0, 0.1) is 12.7 Å². The molecule has 2 rings (SSSR count). The maximum Gasteiger partial charge on any atom is 0.159 e. The second-order valence-electron chi connectivity index (χ2n) is 3.54. The van der Waals surface area contributed by atoms with Crippen molar-refractivity contribution in [2.45, 2.75) is 13.5 Å². The average molecular weight is 218 g/mol. The van der Waals surface area contributed by atoms with E-state index < -0.39 is 0 Å². The Kier molecular flexibility index (Phi) is 2.92. The lowest BCUT2D eigenvalue weighted by Gasteiger charge is -2.02. The van der Waals surface area contributed by atoms with Crippen LogP contribution in [-0.4, -0.2) is 15.1 Å². The van der Waals surface area contributed by atoms with Crippen LogP contribution >= 0.6 is 0 Å². The van der Waals surface area contributed by atoms with Crippen LogP contribution in [0.15, 0.2) is 30.6 Å². The Morgan fingerprint density at radius 3 is 2.50 bits per heavy atom. The topological polar surface area (TPSA) is 46.0 Å². The van der Waals surface area contributed by atoms with Crippen molar-refractivity contribution in [1.82, 2.24) is 9.97 Å². The van der Waals surface area contributed by atoms with E-state index in [1.807, 2.05) is 0 Å². The summed E-state index contributed by atoms with van der Waals surface area (Å²) in [6.45, 7) is 1.61. The second-order valence-corrected chi connectivity index (χ2v) is 3.54. The van der Waals surface area contributed by atoms with E-state index in [9.17, 15) is 4.39 Å². The van der Waals surface area contributed by atoms with Gasteiger partial charge in [0.05, 0.1) is 6.61 Å². The van der Waals surface area contributed by atoms with Crippen LogP contribution < -0.4 is 0 Å². The molecule has 2 aromatic rings. The van der Waals surface area contributed by atoms with Gasteiger partial charge in [0.15, 0.2) is 5.82 Å². The van der Waals surface area contributed by atoms with E-state index in [0.29, 0.717) is 22.5 Å². The van der Waals surface area contributed by atoms with Gasteiger partial charge in [0.1, 0.15) is 5.82 Å². The van der Waals surface area contributed by atoms with E-state index >= 15 is 0 Å². The first-order valence-electron chi connectivity index (χ1n) is 4.89. The Morgan fingerprint density at radius 1 is 1.25 bits per heavy atom. The lowest BCUT2D eigenvalue weighted by atomic mass is 10.1. The number of nitrogens with zero attached hydrogens (tertiary/aromatic N) is 2. The van der Waals surface area contributed by atoms with Crippen molar-refractivity contribution in [2.24, 2.45) is 0 Å². The highest BCUT2D eigenvalue weighted by atomic mass is 19.1. The smallest absolute Gasteiger partial charge is 0.159 e. The number of aliphatic hydroxyl groups excluding tert-OH is 1. The zero-order valence-electron chi connectivity index (χ0n) is 8.81. The molecule has 1 aromatic carbocycles. The molecule has 0 aliphatic carbocycles. The molecule has 16 heavy (non-hydrogen) atoms. The number of hydrogen-bond donors (Lipinski definition) is 1. The van der Waals surface area contributed by atoms with Gasteiger partial charge < -0.3 is 5.11 Å². The molecule has 82 valence electrons. The summed E-state index contributed by atoms with van der Waals surface area (Å²) >= 11 is 0. The average Bonchev–Trinajstić information content (AvgIpc) is 2.33. The minimum absolute atomic E-state index is 0.0947. The quantitative estimate of drug-likeness (QED) is 0.839. The fraction of sp³-hybridized carbons (Fsp3) is 0.167. The molecule has 1 heterocycles. The number of hydrogen-bond acceptors (Lipinski definition) is 3. The standard InChI is InChI=1S/C12H11FN2O/c1-8-2-3-10(4-11(8)13)12-14-5-9(7-16)6-15-12/h2-6,16H,7H2,1H3. The van der Waals surface area contributed by atoms with Crippen LogP contribution in [-0.2, 0) is 6.61 Å². The van der Waals surface area contributed by atoms with Crippen molar-refractivity contribution in [3.63, 3.8) is 0 Å². The summed E-state index contributed by atoms with van der Waals surface area (Å²) in [5.74, 6) is 0.184. The van der Waals surface area contributed by atoms with Crippen molar-refractivity contribution in [1.29, 1.82) is 0 Å². The molecule has 0 radical (unpaired) electrons. The highest BCUT2D eigenvalue weighted by molar-refractivity contribution is 5.55. The van der Waals surface area contributed by atoms with Crippen molar-refractivity contribution < 1.29 is 9.50 Å². The van der Waals surface area contributed by atoms with Gasteiger partial charge in [-0.2, -0.15) is 0 Å². The Labute approximate surface area is 92.6 Å². The van der Waals surface area contributed by atoms with E-state index in [-0.39, 0.29) is 12.4 Å². The predicted octanol–water partition coefficient (Wildman–Crippen LogP) is 2.08. The zero-order chi connectivity index (χ0) is 11.5. The lowest BCUT2D eigenvalue weighted by molar-refractivity contribution is 0.281. The van der Waals surface area contributed by atoms with Crippen LogP contribution in [0.2, 0.25) is 0 Å². The van der Waals surface area contributed by atoms with Gasteiger partial charge in [-0.1, -0.05) is 12.1 Å². The maximum absolute atomic E-state index is 13.3. The minimum Gasteiger partial charge on any atom is -0.392 e. The normalized spacial score (nSPS) is 10.4. The molecule has 0 saturated heterocycles. The fourth-order valence-electron chi connectivity index (χ4n) is 1.32. The Balaban J connectivity index is 2.38. The van der Waals surface area contributed by atoms with E-state index in [1.165, 1.54) is 18.5 Å². The highest BCUT2D eigenvalue weighted by Gasteiger charge is 2.04. The first-order chi connectivity index (χ1) is 7.70. The van der Waals surface area contributed by atoms with Gasteiger partial charge in [-0.05, 0) is 18.6 Å². The summed E-state index contributed by atoms with van der Waals surface area (Å²) in [6, 6.07) is 4.86. The minimum atomic E-state index is -0.271. The summed E-state index contributed by atoms with van der Waals surface area (Å²) in [7, 11) is 0. The molecule has 0 aliphatic rings. The van der Waals surface area contributed by atoms with Crippen molar-refractivity contribution in [3.05, 3.63) is 47.5 Å². The SMILES string of the molecule is Cc1ccc(-c2ncc(CO)cn2)cc1F. The maximum atomic E-state index is 13.3. The molecule has 0 unspecified atom stereocenters. The van der Waals surface area contributed by atoms with Crippen molar-refractivity contribution in [3.8, 4) is 11.4 Å². The summed E-state index contributed by atoms with van der Waals surface area (Å²) in [5.41, 5.74) is 1.86. The predicted molar refractivity (Wildman–Crippen MR) is 58.1 cm³/mol. The van der Waals surface area contributed by atoms with E-state index in [1.54, 1.807) is 19.1 Å². The van der Waals surface area contributed by atoms with Crippen molar-refractivity contribution >= 4 is 0 Å². The molecule has 1 aromatic heterocycles. The Morgan fingerprint density at radius 2 is 1.94 bits per heavy atom. The Hall–Kier alpha value is -1.81. The monoisotopic (exact) mass is 218 g/mol. The lowest BCUT2D eigenvalue weighted by Crippen LogP contribution is -1.93. The molecule has 0 atom stereocenters. The summed E-state index contributed by atoms with van der Waals surface area (Å²) in [4.78, 5) is 8.11. The molecule has 0 fully saturated rings. The molecular weight excluding hydrogens is 207 g/mol. The molecular formula is C12H11FN2O. The van der Waals surface area contributed by atoms with Gasteiger partial charge in [-0.3, -0.25) is 0 Å². The third-order valence-electron chi connectivity index (χ3n) is 2.32. The van der Waals surface area contributed by atoms with Gasteiger partial charge in [-0.25, -0.2) is 14.4 Å². The number of aryl methyl sites for hydroxylation is 1. The van der Waals surface area contributed by atoms with E-state index in [0.717, 1.165) is 0 Å². The van der Waals surface area contributed by atoms with Gasteiger partial charge in [0, 0.05) is 23.5 Å². The Bertz CT molecular complexity index is 497. The van der Waals surface area contributed by atoms with Gasteiger partial charge in [-0.15, -0.1) is 0 Å². The third kappa shape index (κ3) is 2.06. The molecule has 0 spiro atoms. The van der Waals surface area contributed by atoms with E-state index in [2.05, 4.69) is 9.97 Å². The van der Waals surface area contributed by atoms with Crippen LogP contribution in [0.3, 0.4) is 0 Å². The van der Waals surface area contributed by atoms with Crippen LogP contribution in [0.25, 0.3) is 11.4 Å². The summed E-state index contributed by atoms with van der Waals surface area (Å²) in [5, 5.41) is 8.84. The highest BCUT2D eigenvalue weighted by Crippen LogP contribution is 2.17.